The van der Waals surface area contributed by atoms with Gasteiger partial charge in [-0.2, -0.15) is 0 Å². The lowest BCUT2D eigenvalue weighted by Gasteiger charge is -1.98. The average Bonchev–Trinajstić information content (AvgIpc) is 2.51. The molecule has 1 heterocycles. The Morgan fingerprint density at radius 1 is 1.36 bits per heavy atom. The molecule has 1 aromatic heterocycles. The van der Waals surface area contributed by atoms with E-state index in [1.807, 2.05) is 12.1 Å². The third-order valence-electron chi connectivity index (χ3n) is 1.60. The van der Waals surface area contributed by atoms with Crippen LogP contribution in [-0.4, -0.2) is 10.2 Å². The fourth-order valence-electron chi connectivity index (χ4n) is 1.01. The highest BCUT2D eigenvalue weighted by atomic mass is 79.9. The Bertz CT molecular complexity index is 518. The van der Waals surface area contributed by atoms with Crippen LogP contribution in [0, 0.1) is 0 Å². The minimum Gasteiger partial charge on any atom is -0.388 e. The number of aromatic nitrogens is 2. The first kappa shape index (κ1) is 9.67. The maximum atomic E-state index is 10.7. The van der Waals surface area contributed by atoms with Crippen LogP contribution in [0.4, 0.5) is 0 Å². The maximum absolute atomic E-state index is 10.7. The van der Waals surface area contributed by atoms with Crippen LogP contribution in [0.15, 0.2) is 36.4 Å². The van der Waals surface area contributed by atoms with E-state index in [1.165, 1.54) is 0 Å². The molecule has 1 N–H and O–H groups in total. The van der Waals surface area contributed by atoms with Gasteiger partial charge in [0.2, 0.25) is 5.89 Å². The maximum Gasteiger partial charge on any atom is 0.434 e. The van der Waals surface area contributed by atoms with E-state index in [-0.39, 0.29) is 5.89 Å². The summed E-state index contributed by atoms with van der Waals surface area (Å²) in [5, 5.41) is 5.93. The molecule has 0 spiro atoms. The molecule has 0 atom stereocenters. The van der Waals surface area contributed by atoms with Gasteiger partial charge in [0.1, 0.15) is 0 Å². The molecule has 6 heteroatoms. The molecule has 0 bridgehead atoms. The van der Waals surface area contributed by atoms with Crippen LogP contribution in [0.3, 0.4) is 0 Å². The molecule has 2 aromatic rings. The van der Waals surface area contributed by atoms with Crippen LogP contribution >= 0.6 is 31.9 Å². The summed E-state index contributed by atoms with van der Waals surface area (Å²) in [7, 11) is 0. The zero-order valence-electron chi connectivity index (χ0n) is 6.75. The predicted molar refractivity (Wildman–Crippen MR) is 58.0 cm³/mol. The Morgan fingerprint density at radius 2 is 2.14 bits per heavy atom. The fourth-order valence-corrected chi connectivity index (χ4v) is 2.22. The van der Waals surface area contributed by atoms with Crippen LogP contribution in [0.1, 0.15) is 0 Å². The molecule has 4 nitrogen and oxygen atoms in total. The third kappa shape index (κ3) is 1.80. The summed E-state index contributed by atoms with van der Waals surface area (Å²) >= 11 is 6.67. The van der Waals surface area contributed by atoms with E-state index in [4.69, 9.17) is 4.42 Å². The molecular formula is C8H4Br2N2O2. The molecule has 0 radical (unpaired) electrons. The quantitative estimate of drug-likeness (QED) is 0.878. The lowest BCUT2D eigenvalue weighted by molar-refractivity contribution is 0.526. The molecular weight excluding hydrogens is 316 g/mol. The van der Waals surface area contributed by atoms with Gasteiger partial charge in [0.15, 0.2) is 0 Å². The smallest absolute Gasteiger partial charge is 0.388 e. The van der Waals surface area contributed by atoms with Crippen molar-refractivity contribution in [2.45, 2.75) is 0 Å². The summed E-state index contributed by atoms with van der Waals surface area (Å²) in [5.74, 6) is -0.288. The molecule has 1 aromatic carbocycles. The first-order valence-corrected chi connectivity index (χ1v) is 5.26. The second-order valence-electron chi connectivity index (χ2n) is 2.54. The van der Waals surface area contributed by atoms with Gasteiger partial charge in [-0.15, -0.1) is 5.10 Å². The van der Waals surface area contributed by atoms with Crippen molar-refractivity contribution in [3.05, 3.63) is 37.7 Å². The summed E-state index contributed by atoms with van der Waals surface area (Å²) in [5.41, 5.74) is 0.728. The molecule has 0 saturated carbocycles. The Morgan fingerprint density at radius 3 is 2.71 bits per heavy atom. The van der Waals surface area contributed by atoms with Gasteiger partial charge in [-0.1, -0.05) is 15.9 Å². The molecule has 0 aliphatic carbocycles. The summed E-state index contributed by atoms with van der Waals surface area (Å²) in [6.07, 6.45) is 0. The number of rotatable bonds is 1. The summed E-state index contributed by atoms with van der Waals surface area (Å²) < 4.78 is 6.57. The lowest BCUT2D eigenvalue weighted by atomic mass is 10.2. The van der Waals surface area contributed by atoms with Crippen molar-refractivity contribution in [2.75, 3.05) is 0 Å². The van der Waals surface area contributed by atoms with Crippen molar-refractivity contribution in [1.82, 2.24) is 10.2 Å². The molecule has 14 heavy (non-hydrogen) atoms. The number of nitrogens with zero attached hydrogens (tertiary/aromatic N) is 1. The Labute approximate surface area is 95.6 Å². The number of hydrogen-bond donors (Lipinski definition) is 1. The first-order chi connectivity index (χ1) is 6.66. The van der Waals surface area contributed by atoms with Gasteiger partial charge in [0.25, 0.3) is 0 Å². The number of H-pyrrole nitrogens is 1. The third-order valence-corrected chi connectivity index (χ3v) is 2.75. The number of nitrogens with one attached hydrogen (secondary N) is 1. The Hall–Kier alpha value is -0.880. The van der Waals surface area contributed by atoms with E-state index in [0.717, 1.165) is 14.5 Å². The highest BCUT2D eigenvalue weighted by Gasteiger charge is 2.09. The van der Waals surface area contributed by atoms with E-state index in [9.17, 15) is 4.79 Å². The SMILES string of the molecule is O=c1[nH]nc(-c2ccc(Br)cc2Br)o1. The van der Waals surface area contributed by atoms with Crippen LogP contribution in [0.25, 0.3) is 11.5 Å². The van der Waals surface area contributed by atoms with Gasteiger partial charge in [0, 0.05) is 8.95 Å². The Kier molecular flexibility index (Phi) is 2.56. The van der Waals surface area contributed by atoms with Gasteiger partial charge in [-0.05, 0) is 34.1 Å². The van der Waals surface area contributed by atoms with Crippen molar-refractivity contribution < 1.29 is 4.42 Å². The van der Waals surface area contributed by atoms with Crippen molar-refractivity contribution in [3.8, 4) is 11.5 Å². The number of aromatic amines is 1. The molecule has 0 saturated heterocycles. The zero-order valence-corrected chi connectivity index (χ0v) is 9.92. The largest absolute Gasteiger partial charge is 0.434 e. The van der Waals surface area contributed by atoms with E-state index in [0.29, 0.717) is 0 Å². The highest BCUT2D eigenvalue weighted by Crippen LogP contribution is 2.28. The number of benzene rings is 1. The number of hydrogen-bond acceptors (Lipinski definition) is 3. The van der Waals surface area contributed by atoms with Crippen molar-refractivity contribution in [1.29, 1.82) is 0 Å². The van der Waals surface area contributed by atoms with E-state index >= 15 is 0 Å². The monoisotopic (exact) mass is 318 g/mol. The second kappa shape index (κ2) is 3.70. The first-order valence-electron chi connectivity index (χ1n) is 3.68. The van der Waals surface area contributed by atoms with Gasteiger partial charge in [-0.3, -0.25) is 0 Å². The lowest BCUT2D eigenvalue weighted by Crippen LogP contribution is -1.93. The van der Waals surface area contributed by atoms with Crippen LogP contribution < -0.4 is 5.76 Å². The molecule has 2 rings (SSSR count). The topological polar surface area (TPSA) is 58.9 Å². The van der Waals surface area contributed by atoms with Gasteiger partial charge in [0.05, 0.1) is 5.56 Å². The van der Waals surface area contributed by atoms with Crippen LogP contribution in [-0.2, 0) is 0 Å². The highest BCUT2D eigenvalue weighted by molar-refractivity contribution is 9.11. The van der Waals surface area contributed by atoms with E-state index in [2.05, 4.69) is 42.1 Å². The molecule has 0 amide bonds. The van der Waals surface area contributed by atoms with Crippen molar-refractivity contribution >= 4 is 31.9 Å². The van der Waals surface area contributed by atoms with E-state index < -0.39 is 5.76 Å². The minimum absolute atomic E-state index is 0.273. The summed E-state index contributed by atoms with van der Waals surface area (Å²) in [6, 6.07) is 5.49. The van der Waals surface area contributed by atoms with Crippen molar-refractivity contribution in [2.24, 2.45) is 0 Å². The predicted octanol–water partition coefficient (Wildman–Crippen LogP) is 2.55. The second-order valence-corrected chi connectivity index (χ2v) is 4.31. The summed E-state index contributed by atoms with van der Waals surface area (Å²) in [6.45, 7) is 0. The molecule has 0 unspecified atom stereocenters. The van der Waals surface area contributed by atoms with E-state index in [1.54, 1.807) is 6.07 Å². The molecule has 0 fully saturated rings. The van der Waals surface area contributed by atoms with Crippen LogP contribution in [0.5, 0.6) is 0 Å². The van der Waals surface area contributed by atoms with Gasteiger partial charge in [-0.25, -0.2) is 9.89 Å². The molecule has 0 aliphatic heterocycles. The minimum atomic E-state index is -0.560. The Balaban J connectivity index is 2.57. The molecule has 72 valence electrons. The summed E-state index contributed by atoms with van der Waals surface area (Å²) in [4.78, 5) is 10.7. The van der Waals surface area contributed by atoms with Gasteiger partial charge >= 0.3 is 5.76 Å². The van der Waals surface area contributed by atoms with Crippen LogP contribution in [0.2, 0.25) is 0 Å². The fraction of sp³-hybridized carbons (Fsp3) is 0. The normalized spacial score (nSPS) is 10.4. The zero-order chi connectivity index (χ0) is 10.1. The van der Waals surface area contributed by atoms with Crippen molar-refractivity contribution in [3.63, 3.8) is 0 Å². The molecule has 0 aliphatic rings. The van der Waals surface area contributed by atoms with Gasteiger partial charge < -0.3 is 4.42 Å². The standard InChI is InChI=1S/C8H4Br2N2O2/c9-4-1-2-5(6(10)3-4)7-11-12-8(13)14-7/h1-3H,(H,12,13). The average molecular weight is 320 g/mol. The number of halogens is 2.